The summed E-state index contributed by atoms with van der Waals surface area (Å²) in [5.41, 5.74) is 0.950. The van der Waals surface area contributed by atoms with Gasteiger partial charge in [0.2, 0.25) is 0 Å². The number of rotatable bonds is 4. The van der Waals surface area contributed by atoms with Crippen molar-refractivity contribution < 1.29 is 13.6 Å². The Morgan fingerprint density at radius 3 is 2.57 bits per heavy atom. The molecular weight excluding hydrogens is 318 g/mol. The van der Waals surface area contributed by atoms with E-state index in [0.717, 1.165) is 28.3 Å². The number of aromatic nitrogens is 1. The zero-order valence-corrected chi connectivity index (χ0v) is 12.7. The van der Waals surface area contributed by atoms with Crippen LogP contribution < -0.4 is 5.32 Å². The number of hydrogen-bond acceptors (Lipinski definition) is 3. The van der Waals surface area contributed by atoms with Gasteiger partial charge in [-0.3, -0.25) is 9.78 Å². The molecule has 23 heavy (non-hydrogen) atoms. The van der Waals surface area contributed by atoms with Gasteiger partial charge in [0.25, 0.3) is 5.91 Å². The van der Waals surface area contributed by atoms with Crippen LogP contribution in [0.1, 0.15) is 15.9 Å². The van der Waals surface area contributed by atoms with E-state index in [0.29, 0.717) is 0 Å². The fraction of sp³-hybridized carbons (Fsp3) is 0.0588. The maximum atomic E-state index is 13.6. The lowest BCUT2D eigenvalue weighted by Gasteiger charge is -2.09. The van der Waals surface area contributed by atoms with Gasteiger partial charge >= 0.3 is 0 Å². The van der Waals surface area contributed by atoms with Gasteiger partial charge in [-0.15, -0.1) is 11.3 Å². The highest BCUT2D eigenvalue weighted by Crippen LogP contribution is 2.25. The van der Waals surface area contributed by atoms with E-state index in [1.807, 2.05) is 23.6 Å². The third-order valence-corrected chi connectivity index (χ3v) is 4.15. The number of carbonyl (C=O) groups excluding carboxylic acids is 1. The Labute approximate surface area is 135 Å². The summed E-state index contributed by atoms with van der Waals surface area (Å²) < 4.78 is 27.2. The molecule has 0 radical (unpaired) electrons. The molecule has 6 heteroatoms. The van der Waals surface area contributed by atoms with E-state index >= 15 is 0 Å². The van der Waals surface area contributed by atoms with Crippen LogP contribution in [0.5, 0.6) is 0 Å². The van der Waals surface area contributed by atoms with Crippen molar-refractivity contribution in [2.24, 2.45) is 0 Å². The fourth-order valence-corrected chi connectivity index (χ4v) is 2.95. The van der Waals surface area contributed by atoms with Crippen LogP contribution in [0.4, 0.5) is 8.78 Å². The topological polar surface area (TPSA) is 42.0 Å². The molecule has 0 saturated heterocycles. The van der Waals surface area contributed by atoms with Gasteiger partial charge in [-0.1, -0.05) is 18.2 Å². The lowest BCUT2D eigenvalue weighted by Crippen LogP contribution is -2.25. The molecule has 0 saturated carbocycles. The second-order valence-electron chi connectivity index (χ2n) is 4.77. The fourth-order valence-electron chi connectivity index (χ4n) is 2.20. The van der Waals surface area contributed by atoms with Crippen molar-refractivity contribution in [3.8, 4) is 10.6 Å². The Bertz CT molecular complexity index is 814. The molecule has 2 aromatic heterocycles. The summed E-state index contributed by atoms with van der Waals surface area (Å²) in [4.78, 5) is 17.3. The number of carbonyl (C=O) groups is 1. The molecule has 0 spiro atoms. The molecule has 0 unspecified atom stereocenters. The van der Waals surface area contributed by atoms with Crippen molar-refractivity contribution in [2.75, 3.05) is 0 Å². The van der Waals surface area contributed by atoms with Crippen LogP contribution in [0.15, 0.2) is 54.0 Å². The predicted octanol–water partition coefficient (Wildman–Crippen LogP) is 4.02. The Morgan fingerprint density at radius 1 is 1.09 bits per heavy atom. The van der Waals surface area contributed by atoms with Crippen LogP contribution >= 0.6 is 11.3 Å². The number of benzene rings is 1. The monoisotopic (exact) mass is 330 g/mol. The SMILES string of the molecule is O=C(NCc1cccnc1-c1cccs1)c1c(F)cccc1F. The van der Waals surface area contributed by atoms with Gasteiger partial charge in [-0.25, -0.2) is 8.78 Å². The van der Waals surface area contributed by atoms with Crippen molar-refractivity contribution in [2.45, 2.75) is 6.54 Å². The van der Waals surface area contributed by atoms with Gasteiger partial charge < -0.3 is 5.32 Å². The summed E-state index contributed by atoms with van der Waals surface area (Å²) in [7, 11) is 0. The van der Waals surface area contributed by atoms with Crippen LogP contribution in [0.2, 0.25) is 0 Å². The summed E-state index contributed by atoms with van der Waals surface area (Å²) in [6.07, 6.45) is 1.66. The molecule has 0 aliphatic rings. The average Bonchev–Trinajstić information content (AvgIpc) is 3.07. The number of nitrogens with zero attached hydrogens (tertiary/aromatic N) is 1. The largest absolute Gasteiger partial charge is 0.348 e. The molecule has 3 aromatic rings. The third kappa shape index (κ3) is 3.27. The van der Waals surface area contributed by atoms with Gasteiger partial charge in [0.05, 0.1) is 10.6 Å². The number of hydrogen-bond donors (Lipinski definition) is 1. The number of amides is 1. The van der Waals surface area contributed by atoms with E-state index in [4.69, 9.17) is 0 Å². The Balaban J connectivity index is 1.81. The molecule has 0 aliphatic heterocycles. The van der Waals surface area contributed by atoms with Crippen LogP contribution in [-0.4, -0.2) is 10.9 Å². The molecule has 0 fully saturated rings. The smallest absolute Gasteiger partial charge is 0.257 e. The Hall–Kier alpha value is -2.60. The van der Waals surface area contributed by atoms with E-state index in [2.05, 4.69) is 10.3 Å². The highest BCUT2D eigenvalue weighted by molar-refractivity contribution is 7.13. The van der Waals surface area contributed by atoms with E-state index in [1.54, 1.807) is 12.3 Å². The van der Waals surface area contributed by atoms with E-state index in [9.17, 15) is 13.6 Å². The molecule has 1 aromatic carbocycles. The summed E-state index contributed by atoms with van der Waals surface area (Å²) >= 11 is 1.53. The van der Waals surface area contributed by atoms with Crippen LogP contribution in [0.3, 0.4) is 0 Å². The molecule has 3 rings (SSSR count). The van der Waals surface area contributed by atoms with E-state index in [-0.39, 0.29) is 6.54 Å². The maximum Gasteiger partial charge on any atom is 0.257 e. The summed E-state index contributed by atoms with van der Waals surface area (Å²) in [6, 6.07) is 10.7. The van der Waals surface area contributed by atoms with Crippen molar-refractivity contribution >= 4 is 17.2 Å². The van der Waals surface area contributed by atoms with Crippen molar-refractivity contribution in [1.82, 2.24) is 10.3 Å². The molecule has 3 nitrogen and oxygen atoms in total. The number of nitrogens with one attached hydrogen (secondary N) is 1. The van der Waals surface area contributed by atoms with Gasteiger partial charge in [-0.2, -0.15) is 0 Å². The summed E-state index contributed by atoms with van der Waals surface area (Å²) in [5, 5.41) is 4.48. The summed E-state index contributed by atoms with van der Waals surface area (Å²) in [5.74, 6) is -2.55. The zero-order valence-electron chi connectivity index (χ0n) is 11.9. The first-order chi connectivity index (χ1) is 11.2. The number of pyridine rings is 1. The van der Waals surface area contributed by atoms with E-state index in [1.165, 1.54) is 17.4 Å². The lowest BCUT2D eigenvalue weighted by molar-refractivity contribution is 0.0942. The molecule has 0 bridgehead atoms. The second kappa shape index (κ2) is 6.66. The highest BCUT2D eigenvalue weighted by Gasteiger charge is 2.17. The Morgan fingerprint density at radius 2 is 1.87 bits per heavy atom. The highest BCUT2D eigenvalue weighted by atomic mass is 32.1. The molecule has 1 N–H and O–H groups in total. The van der Waals surface area contributed by atoms with Gasteiger partial charge in [-0.05, 0) is 35.2 Å². The minimum Gasteiger partial charge on any atom is -0.348 e. The average molecular weight is 330 g/mol. The quantitative estimate of drug-likeness (QED) is 0.785. The maximum absolute atomic E-state index is 13.6. The first-order valence-corrected chi connectivity index (χ1v) is 7.75. The standard InChI is InChI=1S/C17H12F2N2OS/c18-12-5-1-6-13(19)15(12)17(22)21-10-11-4-2-8-20-16(11)14-7-3-9-23-14/h1-9H,10H2,(H,21,22). The number of thiophene rings is 1. The van der Waals surface area contributed by atoms with Crippen LogP contribution in [0.25, 0.3) is 10.6 Å². The Kier molecular flexibility index (Phi) is 4.43. The predicted molar refractivity (Wildman–Crippen MR) is 85.1 cm³/mol. The minimum absolute atomic E-state index is 0.133. The first-order valence-electron chi connectivity index (χ1n) is 6.87. The zero-order chi connectivity index (χ0) is 16.2. The molecule has 0 atom stereocenters. The molecule has 1 amide bonds. The molecule has 0 aliphatic carbocycles. The van der Waals surface area contributed by atoms with Crippen molar-refractivity contribution in [1.29, 1.82) is 0 Å². The second-order valence-corrected chi connectivity index (χ2v) is 5.72. The first kappa shape index (κ1) is 15.3. The minimum atomic E-state index is -0.882. The molecule has 2 heterocycles. The van der Waals surface area contributed by atoms with Crippen molar-refractivity contribution in [3.05, 3.63) is 76.8 Å². The third-order valence-electron chi connectivity index (χ3n) is 3.28. The summed E-state index contributed by atoms with van der Waals surface area (Å²) in [6.45, 7) is 0.133. The molecule has 116 valence electrons. The van der Waals surface area contributed by atoms with E-state index < -0.39 is 23.1 Å². The van der Waals surface area contributed by atoms with Crippen LogP contribution in [0, 0.1) is 11.6 Å². The van der Waals surface area contributed by atoms with Gasteiger partial charge in [0.1, 0.15) is 17.2 Å². The molecular formula is C17H12F2N2OS. The normalized spacial score (nSPS) is 10.5. The van der Waals surface area contributed by atoms with Crippen LogP contribution in [-0.2, 0) is 6.54 Å². The lowest BCUT2D eigenvalue weighted by atomic mass is 10.1. The van der Waals surface area contributed by atoms with Crippen molar-refractivity contribution in [3.63, 3.8) is 0 Å². The van der Waals surface area contributed by atoms with Gasteiger partial charge in [0, 0.05) is 12.7 Å². The number of halogens is 2. The van der Waals surface area contributed by atoms with Gasteiger partial charge in [0.15, 0.2) is 0 Å².